The first kappa shape index (κ1) is 18.3. The maximum Gasteiger partial charge on any atom is 0.306 e. The summed E-state index contributed by atoms with van der Waals surface area (Å²) in [6.07, 6.45) is 7.10. The monoisotopic (exact) mass is 324 g/mol. The van der Waals surface area contributed by atoms with Gasteiger partial charge in [-0.1, -0.05) is 27.2 Å². The van der Waals surface area contributed by atoms with E-state index in [1.165, 1.54) is 0 Å². The third kappa shape index (κ3) is 4.07. The summed E-state index contributed by atoms with van der Waals surface area (Å²) < 4.78 is 0. The van der Waals surface area contributed by atoms with Gasteiger partial charge in [0.1, 0.15) is 0 Å². The Kier molecular flexibility index (Phi) is 5.74. The molecule has 2 aliphatic carbocycles. The SMILES string of the molecule is CCC(C)(C)C1CCC(C(=O)O)CC1C1CCC(C(=O)O)CC1. The molecule has 2 aliphatic rings. The molecule has 0 amide bonds. The van der Waals surface area contributed by atoms with Gasteiger partial charge in [-0.05, 0) is 68.1 Å². The maximum absolute atomic E-state index is 11.5. The van der Waals surface area contributed by atoms with Crippen molar-refractivity contribution >= 4 is 11.9 Å². The Labute approximate surface area is 139 Å². The molecule has 2 rings (SSSR count). The molecule has 4 heteroatoms. The van der Waals surface area contributed by atoms with Gasteiger partial charge in [-0.2, -0.15) is 0 Å². The summed E-state index contributed by atoms with van der Waals surface area (Å²) in [5.74, 6) is -0.209. The highest BCUT2D eigenvalue weighted by Gasteiger charge is 2.44. The molecule has 0 bridgehead atoms. The van der Waals surface area contributed by atoms with Gasteiger partial charge in [0.2, 0.25) is 0 Å². The van der Waals surface area contributed by atoms with Crippen LogP contribution in [0.4, 0.5) is 0 Å². The Morgan fingerprint density at radius 2 is 1.43 bits per heavy atom. The molecular weight excluding hydrogens is 292 g/mol. The van der Waals surface area contributed by atoms with Crippen LogP contribution in [0.25, 0.3) is 0 Å². The lowest BCUT2D eigenvalue weighted by Crippen LogP contribution is -2.41. The van der Waals surface area contributed by atoms with Crippen molar-refractivity contribution in [2.24, 2.45) is 35.0 Å². The Hall–Kier alpha value is -1.06. The minimum absolute atomic E-state index is 0.192. The minimum Gasteiger partial charge on any atom is -0.481 e. The van der Waals surface area contributed by atoms with Gasteiger partial charge < -0.3 is 10.2 Å². The van der Waals surface area contributed by atoms with Crippen molar-refractivity contribution < 1.29 is 19.8 Å². The Morgan fingerprint density at radius 1 is 0.913 bits per heavy atom. The van der Waals surface area contributed by atoms with Crippen molar-refractivity contribution in [3.05, 3.63) is 0 Å². The second-order valence-corrected chi connectivity index (χ2v) is 8.41. The molecule has 0 aliphatic heterocycles. The topological polar surface area (TPSA) is 74.6 Å². The van der Waals surface area contributed by atoms with Gasteiger partial charge in [-0.15, -0.1) is 0 Å². The number of rotatable bonds is 5. The summed E-state index contributed by atoms with van der Waals surface area (Å²) in [5, 5.41) is 18.6. The van der Waals surface area contributed by atoms with E-state index in [0.717, 1.165) is 51.4 Å². The molecule has 3 atom stereocenters. The van der Waals surface area contributed by atoms with E-state index < -0.39 is 11.9 Å². The predicted molar refractivity (Wildman–Crippen MR) is 89.1 cm³/mol. The van der Waals surface area contributed by atoms with Crippen molar-refractivity contribution in [2.75, 3.05) is 0 Å². The first-order chi connectivity index (χ1) is 10.8. The average Bonchev–Trinajstić information content (AvgIpc) is 2.54. The van der Waals surface area contributed by atoms with Crippen LogP contribution < -0.4 is 0 Å². The van der Waals surface area contributed by atoms with Crippen molar-refractivity contribution in [2.45, 2.75) is 72.1 Å². The highest BCUT2D eigenvalue weighted by atomic mass is 16.4. The summed E-state index contributed by atoms with van der Waals surface area (Å²) in [4.78, 5) is 22.6. The second kappa shape index (κ2) is 7.23. The van der Waals surface area contributed by atoms with Crippen LogP contribution in [0.3, 0.4) is 0 Å². The molecule has 0 aromatic heterocycles. The molecule has 0 aromatic rings. The third-order valence-corrected chi connectivity index (χ3v) is 6.89. The predicted octanol–water partition coefficient (Wildman–Crippen LogP) is 4.43. The molecule has 23 heavy (non-hydrogen) atoms. The first-order valence-corrected chi connectivity index (χ1v) is 9.21. The third-order valence-electron chi connectivity index (χ3n) is 6.89. The van der Waals surface area contributed by atoms with Crippen molar-refractivity contribution in [1.29, 1.82) is 0 Å². The Morgan fingerprint density at radius 3 is 1.91 bits per heavy atom. The van der Waals surface area contributed by atoms with Gasteiger partial charge in [0.05, 0.1) is 11.8 Å². The molecule has 2 saturated carbocycles. The fourth-order valence-electron chi connectivity index (χ4n) is 4.98. The zero-order valence-corrected chi connectivity index (χ0v) is 14.8. The van der Waals surface area contributed by atoms with E-state index in [2.05, 4.69) is 20.8 Å². The highest BCUT2D eigenvalue weighted by Crippen LogP contribution is 2.51. The zero-order valence-electron chi connectivity index (χ0n) is 14.8. The molecule has 132 valence electrons. The molecular formula is C19H32O4. The number of carboxylic acids is 2. The van der Waals surface area contributed by atoms with Crippen LogP contribution in [-0.2, 0) is 9.59 Å². The molecule has 0 spiro atoms. The largest absolute Gasteiger partial charge is 0.481 e. The van der Waals surface area contributed by atoms with Crippen molar-refractivity contribution in [3.63, 3.8) is 0 Å². The normalized spacial score (nSPS) is 35.7. The second-order valence-electron chi connectivity index (χ2n) is 8.41. The van der Waals surface area contributed by atoms with Crippen LogP contribution in [-0.4, -0.2) is 22.2 Å². The van der Waals surface area contributed by atoms with E-state index in [1.807, 2.05) is 0 Å². The van der Waals surface area contributed by atoms with E-state index in [-0.39, 0.29) is 17.3 Å². The summed E-state index contributed by atoms with van der Waals surface area (Å²) in [6.45, 7) is 6.85. The van der Waals surface area contributed by atoms with Gasteiger partial charge >= 0.3 is 11.9 Å². The van der Waals surface area contributed by atoms with E-state index >= 15 is 0 Å². The van der Waals surface area contributed by atoms with E-state index in [1.54, 1.807) is 0 Å². The lowest BCUT2D eigenvalue weighted by Gasteiger charge is -2.48. The van der Waals surface area contributed by atoms with E-state index in [9.17, 15) is 19.8 Å². The molecule has 2 fully saturated rings. The smallest absolute Gasteiger partial charge is 0.306 e. The number of aliphatic carboxylic acids is 2. The van der Waals surface area contributed by atoms with Crippen molar-refractivity contribution in [3.8, 4) is 0 Å². The number of hydrogen-bond acceptors (Lipinski definition) is 2. The maximum atomic E-state index is 11.5. The highest BCUT2D eigenvalue weighted by molar-refractivity contribution is 5.70. The Bertz CT molecular complexity index is 435. The van der Waals surface area contributed by atoms with Gasteiger partial charge in [0, 0.05) is 0 Å². The van der Waals surface area contributed by atoms with Crippen LogP contribution in [0.2, 0.25) is 0 Å². The van der Waals surface area contributed by atoms with Gasteiger partial charge in [0.25, 0.3) is 0 Å². The summed E-state index contributed by atoms with van der Waals surface area (Å²) in [6, 6.07) is 0. The molecule has 0 saturated heterocycles. The minimum atomic E-state index is -0.666. The van der Waals surface area contributed by atoms with Gasteiger partial charge in [-0.3, -0.25) is 9.59 Å². The fourth-order valence-corrected chi connectivity index (χ4v) is 4.98. The molecule has 3 unspecified atom stereocenters. The summed E-state index contributed by atoms with van der Waals surface area (Å²) in [5.41, 5.74) is 0.234. The van der Waals surface area contributed by atoms with Crippen LogP contribution in [0.1, 0.15) is 72.1 Å². The average molecular weight is 324 g/mol. The van der Waals surface area contributed by atoms with Gasteiger partial charge in [0.15, 0.2) is 0 Å². The van der Waals surface area contributed by atoms with E-state index in [0.29, 0.717) is 17.8 Å². The number of hydrogen-bond donors (Lipinski definition) is 2. The summed E-state index contributed by atoms with van der Waals surface area (Å²) >= 11 is 0. The van der Waals surface area contributed by atoms with Crippen LogP contribution in [0.5, 0.6) is 0 Å². The molecule has 0 radical (unpaired) electrons. The van der Waals surface area contributed by atoms with Crippen LogP contribution in [0, 0.1) is 35.0 Å². The standard InChI is InChI=1S/C19H32O4/c1-4-19(2,3)16-10-9-14(18(22)23)11-15(16)12-5-7-13(8-6-12)17(20)21/h12-16H,4-11H2,1-3H3,(H,20,21)(H,22,23). The molecule has 2 N–H and O–H groups in total. The lowest BCUT2D eigenvalue weighted by atomic mass is 9.57. The fraction of sp³-hybridized carbons (Fsp3) is 0.895. The lowest BCUT2D eigenvalue weighted by molar-refractivity contribution is -0.145. The number of carboxylic acid groups (broad SMARTS) is 2. The van der Waals surface area contributed by atoms with Crippen molar-refractivity contribution in [1.82, 2.24) is 0 Å². The van der Waals surface area contributed by atoms with Gasteiger partial charge in [-0.25, -0.2) is 0 Å². The zero-order chi connectivity index (χ0) is 17.2. The summed E-state index contributed by atoms with van der Waals surface area (Å²) in [7, 11) is 0. The van der Waals surface area contributed by atoms with Crippen LogP contribution in [0.15, 0.2) is 0 Å². The van der Waals surface area contributed by atoms with Crippen LogP contribution >= 0.6 is 0 Å². The first-order valence-electron chi connectivity index (χ1n) is 9.21. The molecule has 0 heterocycles. The quantitative estimate of drug-likeness (QED) is 0.784. The molecule has 4 nitrogen and oxygen atoms in total. The van der Waals surface area contributed by atoms with E-state index in [4.69, 9.17) is 0 Å². The molecule has 0 aromatic carbocycles. The number of carbonyl (C=O) groups is 2. The Balaban J connectivity index is 2.12.